The fraction of sp³-hybridized carbons (Fsp3) is 0.407. The molecule has 5 rings (SSSR count). The lowest BCUT2D eigenvalue weighted by Gasteiger charge is -2.32. The number of rotatable bonds is 9. The van der Waals surface area contributed by atoms with Crippen molar-refractivity contribution in [1.82, 2.24) is 19.4 Å². The van der Waals surface area contributed by atoms with Crippen molar-refractivity contribution in [3.8, 4) is 5.88 Å². The number of piperidine rings is 1. The number of benzene rings is 1. The zero-order chi connectivity index (χ0) is 24.2. The molecule has 2 fully saturated rings. The molecule has 0 aliphatic carbocycles. The van der Waals surface area contributed by atoms with Crippen molar-refractivity contribution >= 4 is 17.7 Å². The van der Waals surface area contributed by atoms with Gasteiger partial charge in [0.1, 0.15) is 18.2 Å². The van der Waals surface area contributed by atoms with E-state index in [1.165, 1.54) is 6.07 Å². The highest BCUT2D eigenvalue weighted by molar-refractivity contribution is 6.30. The van der Waals surface area contributed by atoms with Crippen LogP contribution >= 0.6 is 11.6 Å². The van der Waals surface area contributed by atoms with Crippen molar-refractivity contribution in [2.45, 2.75) is 51.0 Å². The first-order chi connectivity index (χ1) is 17.1. The Labute approximate surface area is 210 Å². The second kappa shape index (κ2) is 10.9. The van der Waals surface area contributed by atoms with Gasteiger partial charge in [0.2, 0.25) is 5.88 Å². The van der Waals surface area contributed by atoms with Gasteiger partial charge in [-0.15, -0.1) is 0 Å². The summed E-state index contributed by atoms with van der Waals surface area (Å²) < 4.78 is 27.7. The molecule has 1 atom stereocenters. The Morgan fingerprint density at radius 2 is 2.03 bits per heavy atom. The molecule has 0 amide bonds. The molecule has 2 saturated heterocycles. The average Bonchev–Trinajstić information content (AvgIpc) is 3.22. The van der Waals surface area contributed by atoms with Gasteiger partial charge in [-0.05, 0) is 56.6 Å². The Morgan fingerprint density at radius 3 is 2.74 bits per heavy atom. The molecule has 184 valence electrons. The summed E-state index contributed by atoms with van der Waals surface area (Å²) >= 11 is 5.83. The molecule has 3 aromatic rings. The minimum absolute atomic E-state index is 0.114. The SMILES string of the molecule is C=Cc1cnc(CN2CCC(c3cccc(OCc4ccc(Cl)cc4F)n3)CC2)n1CC1CCO1. The number of halogens is 2. The Balaban J connectivity index is 1.16. The van der Waals surface area contributed by atoms with Crippen molar-refractivity contribution in [2.75, 3.05) is 19.7 Å². The number of nitrogens with zero attached hydrogens (tertiary/aromatic N) is 4. The summed E-state index contributed by atoms with van der Waals surface area (Å²) in [5.74, 6) is 1.57. The largest absolute Gasteiger partial charge is 0.473 e. The first kappa shape index (κ1) is 24.0. The molecule has 2 aliphatic heterocycles. The van der Waals surface area contributed by atoms with Gasteiger partial charge in [-0.3, -0.25) is 4.90 Å². The lowest BCUT2D eigenvalue weighted by Crippen LogP contribution is -2.35. The maximum Gasteiger partial charge on any atom is 0.213 e. The fourth-order valence-corrected chi connectivity index (χ4v) is 4.84. The van der Waals surface area contributed by atoms with E-state index in [0.29, 0.717) is 22.4 Å². The summed E-state index contributed by atoms with van der Waals surface area (Å²) in [5, 5.41) is 0.371. The number of likely N-dealkylation sites (tertiary alicyclic amines) is 1. The maximum absolute atomic E-state index is 14.0. The van der Waals surface area contributed by atoms with E-state index in [1.54, 1.807) is 12.1 Å². The number of imidazole rings is 1. The van der Waals surface area contributed by atoms with Crippen LogP contribution in [-0.4, -0.2) is 45.2 Å². The molecule has 0 saturated carbocycles. The van der Waals surface area contributed by atoms with Crippen LogP contribution in [0.15, 0.2) is 49.2 Å². The van der Waals surface area contributed by atoms with Crippen LogP contribution in [0.3, 0.4) is 0 Å². The van der Waals surface area contributed by atoms with Gasteiger partial charge < -0.3 is 14.0 Å². The minimum Gasteiger partial charge on any atom is -0.473 e. The van der Waals surface area contributed by atoms with E-state index in [2.05, 4.69) is 27.1 Å². The quantitative estimate of drug-likeness (QED) is 0.393. The smallest absolute Gasteiger partial charge is 0.213 e. The third-order valence-electron chi connectivity index (χ3n) is 6.86. The first-order valence-corrected chi connectivity index (χ1v) is 12.5. The number of hydrogen-bond acceptors (Lipinski definition) is 5. The normalized spacial score (nSPS) is 18.9. The van der Waals surface area contributed by atoms with E-state index in [4.69, 9.17) is 26.1 Å². The van der Waals surface area contributed by atoms with Crippen LogP contribution in [-0.2, 0) is 24.4 Å². The molecule has 0 radical (unpaired) electrons. The van der Waals surface area contributed by atoms with E-state index in [-0.39, 0.29) is 18.5 Å². The number of pyridine rings is 1. The Kier molecular flexibility index (Phi) is 7.46. The zero-order valence-electron chi connectivity index (χ0n) is 19.7. The molecule has 6 nitrogen and oxygen atoms in total. The van der Waals surface area contributed by atoms with Gasteiger partial charge in [0.15, 0.2) is 0 Å². The fourth-order valence-electron chi connectivity index (χ4n) is 4.68. The van der Waals surface area contributed by atoms with Gasteiger partial charge in [-0.2, -0.15) is 0 Å². The predicted molar refractivity (Wildman–Crippen MR) is 134 cm³/mol. The summed E-state index contributed by atoms with van der Waals surface area (Å²) in [6, 6.07) is 10.4. The van der Waals surface area contributed by atoms with Gasteiger partial charge in [0, 0.05) is 34.9 Å². The highest BCUT2D eigenvalue weighted by Gasteiger charge is 2.25. The average molecular weight is 497 g/mol. The van der Waals surface area contributed by atoms with Crippen molar-refractivity contribution in [2.24, 2.45) is 0 Å². The molecule has 1 aromatic carbocycles. The lowest BCUT2D eigenvalue weighted by molar-refractivity contribution is -0.0598. The highest BCUT2D eigenvalue weighted by atomic mass is 35.5. The van der Waals surface area contributed by atoms with Gasteiger partial charge in [-0.25, -0.2) is 14.4 Å². The van der Waals surface area contributed by atoms with E-state index < -0.39 is 0 Å². The van der Waals surface area contributed by atoms with Crippen LogP contribution in [0, 0.1) is 5.82 Å². The summed E-state index contributed by atoms with van der Waals surface area (Å²) in [5.41, 5.74) is 2.53. The topological polar surface area (TPSA) is 52.4 Å². The van der Waals surface area contributed by atoms with Crippen LogP contribution in [0.2, 0.25) is 5.02 Å². The van der Waals surface area contributed by atoms with Crippen molar-refractivity contribution in [1.29, 1.82) is 0 Å². The molecule has 0 N–H and O–H groups in total. The molecule has 0 bridgehead atoms. The summed E-state index contributed by atoms with van der Waals surface area (Å²) in [7, 11) is 0. The van der Waals surface area contributed by atoms with Gasteiger partial charge in [0.25, 0.3) is 0 Å². The second-order valence-corrected chi connectivity index (χ2v) is 9.61. The van der Waals surface area contributed by atoms with Crippen LogP contribution in [0.1, 0.15) is 48.0 Å². The van der Waals surface area contributed by atoms with Crippen LogP contribution < -0.4 is 4.74 Å². The van der Waals surface area contributed by atoms with Gasteiger partial charge >= 0.3 is 0 Å². The third kappa shape index (κ3) is 5.74. The van der Waals surface area contributed by atoms with Crippen molar-refractivity contribution in [3.63, 3.8) is 0 Å². The zero-order valence-corrected chi connectivity index (χ0v) is 20.5. The van der Waals surface area contributed by atoms with E-state index in [0.717, 1.165) is 69.3 Å². The first-order valence-electron chi connectivity index (χ1n) is 12.1. The number of hydrogen-bond donors (Lipinski definition) is 0. The molecule has 8 heteroatoms. The van der Waals surface area contributed by atoms with Gasteiger partial charge in [-0.1, -0.05) is 30.3 Å². The second-order valence-electron chi connectivity index (χ2n) is 9.17. The maximum atomic E-state index is 14.0. The molecule has 0 spiro atoms. The lowest BCUT2D eigenvalue weighted by atomic mass is 9.93. The molecule has 4 heterocycles. The number of ether oxygens (including phenoxy) is 2. The predicted octanol–water partition coefficient (Wildman–Crippen LogP) is 5.46. The van der Waals surface area contributed by atoms with Crippen molar-refractivity contribution in [3.05, 3.63) is 82.8 Å². The molecule has 2 aliphatic rings. The highest BCUT2D eigenvalue weighted by Crippen LogP contribution is 2.29. The summed E-state index contributed by atoms with van der Waals surface area (Å²) in [6.07, 6.45) is 7.18. The van der Waals surface area contributed by atoms with E-state index >= 15 is 0 Å². The minimum atomic E-state index is -0.373. The van der Waals surface area contributed by atoms with E-state index in [1.807, 2.05) is 24.4 Å². The van der Waals surface area contributed by atoms with Crippen molar-refractivity contribution < 1.29 is 13.9 Å². The van der Waals surface area contributed by atoms with Gasteiger partial charge in [0.05, 0.1) is 31.1 Å². The molecule has 35 heavy (non-hydrogen) atoms. The molecule has 1 unspecified atom stereocenters. The standard InChI is InChI=1S/C27H30ClFN4O2/c1-2-22-15-30-26(33(22)16-23-10-13-34-23)17-32-11-8-19(9-12-32)25-4-3-5-27(31-25)35-18-20-6-7-21(28)14-24(20)29/h2-7,14-15,19,23H,1,8-13,16-18H2. The monoisotopic (exact) mass is 496 g/mol. The molecule has 2 aromatic heterocycles. The Morgan fingerprint density at radius 1 is 1.20 bits per heavy atom. The molecular weight excluding hydrogens is 467 g/mol. The van der Waals surface area contributed by atoms with E-state index in [9.17, 15) is 4.39 Å². The third-order valence-corrected chi connectivity index (χ3v) is 7.10. The Hall–Kier alpha value is -2.74. The summed E-state index contributed by atoms with van der Waals surface area (Å²) in [6.45, 7) is 8.51. The van der Waals surface area contributed by atoms with Crippen LogP contribution in [0.5, 0.6) is 5.88 Å². The molecular formula is C27H30ClFN4O2. The Bertz CT molecular complexity index is 1170. The van der Waals surface area contributed by atoms with Crippen LogP contribution in [0.25, 0.3) is 6.08 Å². The van der Waals surface area contributed by atoms with Crippen LogP contribution in [0.4, 0.5) is 4.39 Å². The summed E-state index contributed by atoms with van der Waals surface area (Å²) in [4.78, 5) is 11.8. The number of aromatic nitrogens is 3.